The van der Waals surface area contributed by atoms with Crippen molar-refractivity contribution in [3.63, 3.8) is 0 Å². The van der Waals surface area contributed by atoms with Crippen molar-refractivity contribution in [2.24, 2.45) is 11.8 Å². The van der Waals surface area contributed by atoms with E-state index in [0.29, 0.717) is 39.3 Å². The van der Waals surface area contributed by atoms with Crippen molar-refractivity contribution in [2.45, 2.75) is 37.1 Å². The van der Waals surface area contributed by atoms with Crippen LogP contribution in [0.4, 0.5) is 0 Å². The molecule has 6 atom stereocenters. The van der Waals surface area contributed by atoms with E-state index in [1.165, 1.54) is 4.90 Å². The number of ether oxygens (including phenoxy) is 3. The molecule has 0 bridgehead atoms. The number of esters is 1. The van der Waals surface area contributed by atoms with Crippen LogP contribution in [0.3, 0.4) is 0 Å². The Hall–Kier alpha value is -2.27. The Morgan fingerprint density at radius 2 is 1.91 bits per heavy atom. The van der Waals surface area contributed by atoms with Gasteiger partial charge in [0.05, 0.1) is 44.5 Å². The summed E-state index contributed by atoms with van der Waals surface area (Å²) in [7, 11) is 0. The highest BCUT2D eigenvalue weighted by molar-refractivity contribution is 5.99. The number of hydrogen-bond donors (Lipinski definition) is 1. The Balaban J connectivity index is 1.48. The first kappa shape index (κ1) is 23.5. The second-order valence-corrected chi connectivity index (χ2v) is 9.64. The number of aliphatic hydroxyl groups excluding tert-OH is 1. The van der Waals surface area contributed by atoms with Gasteiger partial charge in [-0.3, -0.25) is 19.3 Å². The molecule has 10 nitrogen and oxygen atoms in total. The largest absolute Gasteiger partial charge is 0.465 e. The molecule has 1 N–H and O–H groups in total. The van der Waals surface area contributed by atoms with Crippen molar-refractivity contribution >= 4 is 17.8 Å². The van der Waals surface area contributed by atoms with Crippen LogP contribution in [0.15, 0.2) is 24.3 Å². The highest BCUT2D eigenvalue weighted by Crippen LogP contribution is 2.53. The van der Waals surface area contributed by atoms with Crippen LogP contribution in [0, 0.1) is 11.8 Å². The van der Waals surface area contributed by atoms with Crippen LogP contribution in [0.2, 0.25) is 0 Å². The molecule has 5 aliphatic heterocycles. The predicted octanol–water partition coefficient (Wildman–Crippen LogP) is -0.818. The van der Waals surface area contributed by atoms with Crippen LogP contribution >= 0.6 is 0 Å². The fourth-order valence-corrected chi connectivity index (χ4v) is 5.94. The number of aliphatic hydroxyl groups is 1. The van der Waals surface area contributed by atoms with Crippen molar-refractivity contribution in [1.82, 2.24) is 14.7 Å². The number of likely N-dealkylation sites (tertiary alicyclic amines) is 1. The van der Waals surface area contributed by atoms with Gasteiger partial charge in [0, 0.05) is 32.7 Å². The molecule has 1 spiro atoms. The fourth-order valence-electron chi connectivity index (χ4n) is 5.94. The first-order valence-corrected chi connectivity index (χ1v) is 12.2. The number of fused-ring (bicyclic) bond motifs is 2. The van der Waals surface area contributed by atoms with Crippen molar-refractivity contribution in [2.75, 3.05) is 59.2 Å². The first-order chi connectivity index (χ1) is 16.5. The molecule has 0 aromatic carbocycles. The van der Waals surface area contributed by atoms with Crippen LogP contribution < -0.4 is 0 Å². The molecule has 0 saturated carbocycles. The number of cyclic esters (lactones) is 1. The standard InChI is InChI=1S/C24H33N3O7/c1-16(15-28)27-20-22(30)26(9-8-25-10-13-32-14-11-25)7-4-6-24(20)19(21(27)29)18-17(34-24)5-2-3-12-33-23(18)31/h2,4-6,16-20,28H,3,7-15H2,1H3/t16-,17+,18-,19+,20?,24+/m1/s1. The third kappa shape index (κ3) is 3.77. The quantitative estimate of drug-likeness (QED) is 0.406. The van der Waals surface area contributed by atoms with E-state index in [-0.39, 0.29) is 25.0 Å². The molecular weight excluding hydrogens is 442 g/mol. The average molecular weight is 476 g/mol. The van der Waals surface area contributed by atoms with E-state index >= 15 is 0 Å². The van der Waals surface area contributed by atoms with Gasteiger partial charge in [0.2, 0.25) is 11.8 Å². The second kappa shape index (κ2) is 9.41. The number of nitrogens with zero attached hydrogens (tertiary/aromatic N) is 3. The van der Waals surface area contributed by atoms with Gasteiger partial charge in [-0.2, -0.15) is 0 Å². The summed E-state index contributed by atoms with van der Waals surface area (Å²) in [5.74, 6) is -2.76. The lowest BCUT2D eigenvalue weighted by Gasteiger charge is -2.38. The molecule has 5 rings (SSSR count). The highest BCUT2D eigenvalue weighted by Gasteiger charge is 2.72. The summed E-state index contributed by atoms with van der Waals surface area (Å²) in [4.78, 5) is 46.2. The minimum Gasteiger partial charge on any atom is -0.465 e. The van der Waals surface area contributed by atoms with Crippen LogP contribution in [0.25, 0.3) is 0 Å². The maximum atomic E-state index is 14.0. The summed E-state index contributed by atoms with van der Waals surface area (Å²) in [5.41, 5.74) is -1.28. The Morgan fingerprint density at radius 3 is 2.68 bits per heavy atom. The average Bonchev–Trinajstić information content (AvgIpc) is 3.22. The van der Waals surface area contributed by atoms with Gasteiger partial charge >= 0.3 is 5.97 Å². The number of carbonyl (C=O) groups excluding carboxylic acids is 3. The van der Waals surface area contributed by atoms with Gasteiger partial charge in [-0.15, -0.1) is 0 Å². The van der Waals surface area contributed by atoms with E-state index < -0.39 is 41.6 Å². The zero-order valence-electron chi connectivity index (χ0n) is 19.5. The van der Waals surface area contributed by atoms with Crippen molar-refractivity contribution in [3.05, 3.63) is 24.3 Å². The Kier molecular flexibility index (Phi) is 6.49. The maximum absolute atomic E-state index is 14.0. The normalized spacial score (nSPS) is 36.9. The molecule has 10 heteroatoms. The molecule has 0 aromatic heterocycles. The number of hydrogen-bond acceptors (Lipinski definition) is 8. The summed E-state index contributed by atoms with van der Waals surface area (Å²) in [6.45, 7) is 6.26. The third-order valence-corrected chi connectivity index (χ3v) is 7.67. The molecule has 186 valence electrons. The van der Waals surface area contributed by atoms with Crippen molar-refractivity contribution in [1.29, 1.82) is 0 Å². The fraction of sp³-hybridized carbons (Fsp3) is 0.708. The van der Waals surface area contributed by atoms with Gasteiger partial charge in [0.15, 0.2) is 0 Å². The van der Waals surface area contributed by atoms with Gasteiger partial charge in [0.25, 0.3) is 0 Å². The van der Waals surface area contributed by atoms with E-state index in [1.54, 1.807) is 11.8 Å². The lowest BCUT2D eigenvalue weighted by Crippen LogP contribution is -2.58. The number of rotatable bonds is 5. The minimum atomic E-state index is -1.28. The number of carbonyl (C=O) groups is 3. The summed E-state index contributed by atoms with van der Waals surface area (Å²) in [6, 6.07) is -1.55. The van der Waals surface area contributed by atoms with Crippen molar-refractivity contribution < 1.29 is 33.7 Å². The molecule has 0 aliphatic carbocycles. The van der Waals surface area contributed by atoms with Crippen molar-refractivity contribution in [3.8, 4) is 0 Å². The molecule has 0 radical (unpaired) electrons. The Morgan fingerprint density at radius 1 is 1.12 bits per heavy atom. The summed E-state index contributed by atoms with van der Waals surface area (Å²) in [6.07, 6.45) is 7.33. The third-order valence-electron chi connectivity index (χ3n) is 7.67. The van der Waals surface area contributed by atoms with Gasteiger partial charge < -0.3 is 29.1 Å². The van der Waals surface area contributed by atoms with Crippen LogP contribution in [0.1, 0.15) is 13.3 Å². The minimum absolute atomic E-state index is 0.221. The number of morpholine rings is 1. The summed E-state index contributed by atoms with van der Waals surface area (Å²) >= 11 is 0. The van der Waals surface area contributed by atoms with Gasteiger partial charge in [-0.05, 0) is 13.3 Å². The zero-order chi connectivity index (χ0) is 23.9. The Labute approximate surface area is 199 Å². The molecule has 0 aromatic rings. The van der Waals surface area contributed by atoms with Crippen LogP contribution in [-0.4, -0.2) is 121 Å². The predicted molar refractivity (Wildman–Crippen MR) is 119 cm³/mol. The van der Waals surface area contributed by atoms with E-state index in [0.717, 1.165) is 13.1 Å². The van der Waals surface area contributed by atoms with E-state index in [2.05, 4.69) is 4.90 Å². The second-order valence-electron chi connectivity index (χ2n) is 9.64. The number of amides is 2. The van der Waals surface area contributed by atoms with Gasteiger partial charge in [-0.1, -0.05) is 24.3 Å². The molecule has 5 aliphatic rings. The zero-order valence-corrected chi connectivity index (χ0v) is 19.5. The Bertz CT molecular complexity index is 886. The molecule has 3 fully saturated rings. The van der Waals surface area contributed by atoms with Gasteiger partial charge in [0.1, 0.15) is 17.6 Å². The van der Waals surface area contributed by atoms with E-state index in [1.807, 2.05) is 24.3 Å². The monoisotopic (exact) mass is 475 g/mol. The molecule has 3 saturated heterocycles. The lowest BCUT2D eigenvalue weighted by atomic mass is 9.77. The molecule has 2 amide bonds. The molecular formula is C24H33N3O7. The molecule has 34 heavy (non-hydrogen) atoms. The van der Waals surface area contributed by atoms with Crippen LogP contribution in [-0.2, 0) is 28.6 Å². The topological polar surface area (TPSA) is 109 Å². The first-order valence-electron chi connectivity index (χ1n) is 12.2. The maximum Gasteiger partial charge on any atom is 0.312 e. The summed E-state index contributed by atoms with van der Waals surface area (Å²) in [5, 5.41) is 9.93. The lowest BCUT2D eigenvalue weighted by molar-refractivity contribution is -0.156. The van der Waals surface area contributed by atoms with E-state index in [9.17, 15) is 19.5 Å². The van der Waals surface area contributed by atoms with Crippen LogP contribution in [0.5, 0.6) is 0 Å². The summed E-state index contributed by atoms with van der Waals surface area (Å²) < 4.78 is 17.3. The SMILES string of the molecule is C[C@H](CO)N1C(=O)[C@@H]2[C@@H]3C(=O)OCCC=C[C@@H]3O[C@@]23C=CCN(CCN2CCOCC2)C(=O)C13. The highest BCUT2D eigenvalue weighted by atomic mass is 16.6. The molecule has 1 unspecified atom stereocenters. The van der Waals surface area contributed by atoms with E-state index in [4.69, 9.17) is 14.2 Å². The smallest absolute Gasteiger partial charge is 0.312 e. The van der Waals surface area contributed by atoms with Gasteiger partial charge in [-0.25, -0.2) is 0 Å². The molecule has 5 heterocycles.